The average molecular weight is 387 g/mol. The number of aromatic nitrogens is 3. The SMILES string of the molecule is COCCn1c(-c2csc(Br)c2)nnc1S(=O)(=O)Cl. The van der Waals surface area contributed by atoms with Crippen LogP contribution < -0.4 is 0 Å². The number of nitrogens with zero attached hydrogens (tertiary/aromatic N) is 3. The predicted molar refractivity (Wildman–Crippen MR) is 75.9 cm³/mol. The topological polar surface area (TPSA) is 74.1 Å². The summed E-state index contributed by atoms with van der Waals surface area (Å²) in [5.41, 5.74) is 0.770. The molecular weight excluding hydrogens is 378 g/mol. The maximum absolute atomic E-state index is 11.5. The molecular formula is C9H9BrClN3O3S2. The van der Waals surface area contributed by atoms with Crippen molar-refractivity contribution in [2.24, 2.45) is 0 Å². The van der Waals surface area contributed by atoms with Crippen molar-refractivity contribution in [1.82, 2.24) is 14.8 Å². The van der Waals surface area contributed by atoms with Crippen LogP contribution in [0.5, 0.6) is 0 Å². The fraction of sp³-hybridized carbons (Fsp3) is 0.333. The molecule has 0 N–H and O–H groups in total. The molecule has 0 bridgehead atoms. The van der Waals surface area contributed by atoms with Gasteiger partial charge in [-0.1, -0.05) is 0 Å². The molecule has 2 heterocycles. The Hall–Kier alpha value is -0.480. The molecule has 2 aromatic rings. The zero-order chi connectivity index (χ0) is 14.0. The van der Waals surface area contributed by atoms with Gasteiger partial charge in [0.15, 0.2) is 5.82 Å². The minimum Gasteiger partial charge on any atom is -0.383 e. The van der Waals surface area contributed by atoms with Crippen LogP contribution >= 0.6 is 37.9 Å². The predicted octanol–water partition coefficient (Wildman–Crippen LogP) is 2.34. The zero-order valence-electron chi connectivity index (χ0n) is 9.71. The lowest BCUT2D eigenvalue weighted by atomic mass is 10.3. The first-order valence-corrected chi connectivity index (χ1v) is 9.03. The van der Waals surface area contributed by atoms with E-state index in [0.717, 1.165) is 9.35 Å². The van der Waals surface area contributed by atoms with Crippen LogP contribution in [0.1, 0.15) is 0 Å². The summed E-state index contributed by atoms with van der Waals surface area (Å²) >= 11 is 4.82. The fourth-order valence-corrected chi connectivity index (χ4v) is 3.55. The molecule has 10 heteroatoms. The molecule has 0 saturated carbocycles. The van der Waals surface area contributed by atoms with Gasteiger partial charge in [-0.2, -0.15) is 0 Å². The first kappa shape index (κ1) is 14.9. The number of hydrogen-bond donors (Lipinski definition) is 0. The summed E-state index contributed by atoms with van der Waals surface area (Å²) in [6.45, 7) is 0.628. The summed E-state index contributed by atoms with van der Waals surface area (Å²) in [6.07, 6.45) is 0. The molecule has 0 aliphatic rings. The van der Waals surface area contributed by atoms with Gasteiger partial charge in [0.1, 0.15) is 0 Å². The molecule has 0 spiro atoms. The Bertz CT molecular complexity index is 683. The molecule has 0 aromatic carbocycles. The number of methoxy groups -OCH3 is 1. The van der Waals surface area contributed by atoms with Crippen molar-refractivity contribution in [2.75, 3.05) is 13.7 Å². The molecule has 0 atom stereocenters. The molecule has 2 aromatic heterocycles. The van der Waals surface area contributed by atoms with E-state index >= 15 is 0 Å². The van der Waals surface area contributed by atoms with Crippen molar-refractivity contribution >= 4 is 47.0 Å². The summed E-state index contributed by atoms with van der Waals surface area (Å²) < 4.78 is 30.2. The zero-order valence-corrected chi connectivity index (χ0v) is 13.7. The Kier molecular flexibility index (Phi) is 4.62. The van der Waals surface area contributed by atoms with Crippen molar-refractivity contribution in [1.29, 1.82) is 0 Å². The van der Waals surface area contributed by atoms with Gasteiger partial charge in [-0.25, -0.2) is 8.42 Å². The highest BCUT2D eigenvalue weighted by Crippen LogP contribution is 2.29. The van der Waals surface area contributed by atoms with Crippen LogP contribution in [0.15, 0.2) is 20.4 Å². The highest BCUT2D eigenvalue weighted by Gasteiger charge is 2.23. The van der Waals surface area contributed by atoms with Crippen molar-refractivity contribution in [2.45, 2.75) is 11.7 Å². The minimum absolute atomic E-state index is 0.275. The van der Waals surface area contributed by atoms with Crippen LogP contribution in [0.3, 0.4) is 0 Å². The van der Waals surface area contributed by atoms with Gasteiger partial charge in [-0.05, 0) is 22.0 Å². The van der Waals surface area contributed by atoms with Crippen molar-refractivity contribution in [3.8, 4) is 11.4 Å². The number of halogens is 2. The molecule has 19 heavy (non-hydrogen) atoms. The minimum atomic E-state index is -3.95. The van der Waals surface area contributed by atoms with E-state index in [-0.39, 0.29) is 5.16 Å². The van der Waals surface area contributed by atoms with E-state index in [0.29, 0.717) is 19.0 Å². The van der Waals surface area contributed by atoms with Gasteiger partial charge < -0.3 is 4.74 Å². The summed E-state index contributed by atoms with van der Waals surface area (Å²) in [4.78, 5) is 0. The maximum atomic E-state index is 11.5. The van der Waals surface area contributed by atoms with E-state index in [1.54, 1.807) is 0 Å². The van der Waals surface area contributed by atoms with Crippen LogP contribution in [-0.4, -0.2) is 36.9 Å². The summed E-state index contributed by atoms with van der Waals surface area (Å²) in [5, 5.41) is 9.13. The van der Waals surface area contributed by atoms with Gasteiger partial charge in [0.05, 0.1) is 16.9 Å². The van der Waals surface area contributed by atoms with E-state index in [4.69, 9.17) is 15.4 Å². The van der Waals surface area contributed by atoms with Gasteiger partial charge in [0, 0.05) is 28.7 Å². The lowest BCUT2D eigenvalue weighted by Gasteiger charge is -2.06. The van der Waals surface area contributed by atoms with E-state index in [2.05, 4.69) is 26.1 Å². The molecule has 104 valence electrons. The summed E-state index contributed by atoms with van der Waals surface area (Å²) in [5.74, 6) is 0.443. The summed E-state index contributed by atoms with van der Waals surface area (Å²) in [6, 6.07) is 1.84. The van der Waals surface area contributed by atoms with Crippen LogP contribution in [-0.2, 0) is 20.3 Å². The number of ether oxygens (including phenoxy) is 1. The molecule has 0 aliphatic heterocycles. The van der Waals surface area contributed by atoms with Crippen LogP contribution in [0, 0.1) is 0 Å². The van der Waals surface area contributed by atoms with Crippen molar-refractivity contribution < 1.29 is 13.2 Å². The largest absolute Gasteiger partial charge is 0.383 e. The Morgan fingerprint density at radius 1 is 1.53 bits per heavy atom. The number of hydrogen-bond acceptors (Lipinski definition) is 6. The van der Waals surface area contributed by atoms with Crippen LogP contribution in [0.25, 0.3) is 11.4 Å². The number of thiophene rings is 1. The smallest absolute Gasteiger partial charge is 0.296 e. The fourth-order valence-electron chi connectivity index (χ4n) is 1.49. The molecule has 2 rings (SSSR count). The Morgan fingerprint density at radius 3 is 2.79 bits per heavy atom. The van der Waals surface area contributed by atoms with Crippen molar-refractivity contribution in [3.05, 3.63) is 15.2 Å². The second kappa shape index (κ2) is 5.88. The lowest BCUT2D eigenvalue weighted by molar-refractivity contribution is 0.185. The van der Waals surface area contributed by atoms with Gasteiger partial charge in [-0.15, -0.1) is 21.5 Å². The van der Waals surface area contributed by atoms with Crippen molar-refractivity contribution in [3.63, 3.8) is 0 Å². The van der Waals surface area contributed by atoms with Gasteiger partial charge in [0.2, 0.25) is 0 Å². The number of rotatable bonds is 5. The first-order chi connectivity index (χ1) is 8.93. The van der Waals surface area contributed by atoms with Gasteiger partial charge >= 0.3 is 0 Å². The maximum Gasteiger partial charge on any atom is 0.296 e. The van der Waals surface area contributed by atoms with E-state index in [1.807, 2.05) is 11.4 Å². The molecule has 0 amide bonds. The third kappa shape index (κ3) is 3.34. The highest BCUT2D eigenvalue weighted by molar-refractivity contribution is 9.11. The summed E-state index contributed by atoms with van der Waals surface area (Å²) in [7, 11) is 2.93. The van der Waals surface area contributed by atoms with E-state index in [9.17, 15) is 8.42 Å². The molecule has 6 nitrogen and oxygen atoms in total. The molecule has 0 aliphatic carbocycles. The monoisotopic (exact) mass is 385 g/mol. The Balaban J connectivity index is 2.52. The second-order valence-electron chi connectivity index (χ2n) is 3.53. The van der Waals surface area contributed by atoms with Crippen LogP contribution in [0.2, 0.25) is 0 Å². The Labute approximate surface area is 126 Å². The second-order valence-corrected chi connectivity index (χ2v) is 8.28. The van der Waals surface area contributed by atoms with Gasteiger partial charge in [0.25, 0.3) is 14.2 Å². The normalized spacial score (nSPS) is 11.9. The van der Waals surface area contributed by atoms with E-state index < -0.39 is 9.05 Å². The first-order valence-electron chi connectivity index (χ1n) is 5.04. The van der Waals surface area contributed by atoms with Crippen LogP contribution in [0.4, 0.5) is 0 Å². The third-order valence-corrected chi connectivity index (χ3v) is 4.94. The quantitative estimate of drug-likeness (QED) is 0.737. The highest BCUT2D eigenvalue weighted by atomic mass is 79.9. The molecule has 0 saturated heterocycles. The molecule has 0 unspecified atom stereocenters. The lowest BCUT2D eigenvalue weighted by Crippen LogP contribution is -2.11. The molecule has 0 fully saturated rings. The molecule has 0 radical (unpaired) electrons. The van der Waals surface area contributed by atoms with E-state index in [1.165, 1.54) is 23.0 Å². The standard InChI is InChI=1S/C9H9BrClN3O3S2/c1-17-3-2-14-8(6-4-7(10)18-5-6)12-13-9(14)19(11,15)16/h4-5H,2-3H2,1H3. The third-order valence-electron chi connectivity index (χ3n) is 2.28. The average Bonchev–Trinajstić information content (AvgIpc) is 2.91. The van der Waals surface area contributed by atoms with Gasteiger partial charge in [-0.3, -0.25) is 4.57 Å². The Morgan fingerprint density at radius 2 is 2.26 bits per heavy atom.